The topological polar surface area (TPSA) is 62.2 Å². The maximum Gasteiger partial charge on any atom is 0.317 e. The standard InChI is InChI=1S/C19H27N5O/c1-3-20-19(25)23-10-9-18(14-23)22-15(2)17-11-21-24(13-17)12-16-7-5-4-6-8-16/h4-8,11,13,15,18,22H,3,9-10,12,14H2,1-2H3,(H,20,25)/t15-,18-/m1/s1. The van der Waals surface area contributed by atoms with Crippen LogP contribution in [0.25, 0.3) is 0 Å². The number of likely N-dealkylation sites (tertiary alicyclic amines) is 1. The maximum atomic E-state index is 11.9. The first kappa shape index (κ1) is 17.5. The molecule has 2 N–H and O–H groups in total. The Kier molecular flexibility index (Phi) is 5.71. The summed E-state index contributed by atoms with van der Waals surface area (Å²) < 4.78 is 1.97. The van der Waals surface area contributed by atoms with Gasteiger partial charge in [-0.1, -0.05) is 30.3 Å². The molecule has 0 saturated carbocycles. The normalized spacial score (nSPS) is 18.3. The molecule has 1 fully saturated rings. The van der Waals surface area contributed by atoms with Gasteiger partial charge in [-0.2, -0.15) is 5.10 Å². The van der Waals surface area contributed by atoms with Crippen molar-refractivity contribution in [3.05, 3.63) is 53.9 Å². The van der Waals surface area contributed by atoms with Crippen LogP contribution in [0.2, 0.25) is 0 Å². The van der Waals surface area contributed by atoms with Crippen molar-refractivity contribution in [3.63, 3.8) is 0 Å². The molecule has 2 atom stereocenters. The highest BCUT2D eigenvalue weighted by Crippen LogP contribution is 2.17. The number of hydrogen-bond donors (Lipinski definition) is 2. The maximum absolute atomic E-state index is 11.9. The number of rotatable bonds is 6. The SMILES string of the molecule is CCNC(=O)N1CC[C@@H](N[C@H](C)c2cnn(Cc3ccccc3)c2)C1. The Labute approximate surface area is 149 Å². The van der Waals surface area contributed by atoms with E-state index in [-0.39, 0.29) is 12.1 Å². The summed E-state index contributed by atoms with van der Waals surface area (Å²) in [6.45, 7) is 7.11. The van der Waals surface area contributed by atoms with Crippen molar-refractivity contribution in [1.29, 1.82) is 0 Å². The lowest BCUT2D eigenvalue weighted by Gasteiger charge is -2.20. The van der Waals surface area contributed by atoms with Crippen molar-refractivity contribution in [2.24, 2.45) is 0 Å². The van der Waals surface area contributed by atoms with E-state index in [0.29, 0.717) is 12.6 Å². The number of urea groups is 1. The van der Waals surface area contributed by atoms with Gasteiger partial charge in [-0.3, -0.25) is 4.68 Å². The zero-order valence-corrected chi connectivity index (χ0v) is 15.0. The molecule has 6 nitrogen and oxygen atoms in total. The molecule has 0 spiro atoms. The highest BCUT2D eigenvalue weighted by Gasteiger charge is 2.27. The fourth-order valence-corrected chi connectivity index (χ4v) is 3.25. The highest BCUT2D eigenvalue weighted by molar-refractivity contribution is 5.74. The van der Waals surface area contributed by atoms with E-state index in [1.165, 1.54) is 11.1 Å². The van der Waals surface area contributed by atoms with Crippen LogP contribution in [0, 0.1) is 0 Å². The average Bonchev–Trinajstić information content (AvgIpc) is 3.26. The van der Waals surface area contributed by atoms with Crippen LogP contribution in [0.4, 0.5) is 4.79 Å². The minimum atomic E-state index is 0.0372. The van der Waals surface area contributed by atoms with Crippen LogP contribution >= 0.6 is 0 Å². The van der Waals surface area contributed by atoms with E-state index in [2.05, 4.69) is 41.0 Å². The molecule has 1 aliphatic heterocycles. The minimum absolute atomic E-state index is 0.0372. The largest absolute Gasteiger partial charge is 0.338 e. The van der Waals surface area contributed by atoms with E-state index < -0.39 is 0 Å². The third-order valence-electron chi connectivity index (χ3n) is 4.63. The third kappa shape index (κ3) is 4.60. The number of carbonyl (C=O) groups excluding carboxylic acids is 1. The van der Waals surface area contributed by atoms with Gasteiger partial charge >= 0.3 is 6.03 Å². The van der Waals surface area contributed by atoms with Crippen LogP contribution in [0.5, 0.6) is 0 Å². The summed E-state index contributed by atoms with van der Waals surface area (Å²) in [5.74, 6) is 0. The Morgan fingerprint density at radius 2 is 2.16 bits per heavy atom. The van der Waals surface area contributed by atoms with Crippen LogP contribution < -0.4 is 10.6 Å². The quantitative estimate of drug-likeness (QED) is 0.848. The van der Waals surface area contributed by atoms with Crippen LogP contribution in [-0.4, -0.2) is 46.4 Å². The first-order chi connectivity index (χ1) is 12.2. The Morgan fingerprint density at radius 3 is 2.92 bits per heavy atom. The van der Waals surface area contributed by atoms with Crippen LogP contribution in [0.15, 0.2) is 42.7 Å². The van der Waals surface area contributed by atoms with Crippen molar-refractivity contribution >= 4 is 6.03 Å². The molecule has 2 aromatic rings. The fourth-order valence-electron chi connectivity index (χ4n) is 3.25. The Hall–Kier alpha value is -2.34. The van der Waals surface area contributed by atoms with Crippen molar-refractivity contribution in [2.45, 2.75) is 38.9 Å². The lowest BCUT2D eigenvalue weighted by atomic mass is 10.1. The Balaban J connectivity index is 1.52. The molecule has 0 bridgehead atoms. The van der Waals surface area contributed by atoms with Crippen LogP contribution in [0.1, 0.15) is 37.4 Å². The van der Waals surface area contributed by atoms with E-state index in [1.807, 2.05) is 40.9 Å². The predicted octanol–water partition coefficient (Wildman–Crippen LogP) is 2.39. The minimum Gasteiger partial charge on any atom is -0.338 e. The average molecular weight is 341 g/mol. The first-order valence-electron chi connectivity index (χ1n) is 9.00. The predicted molar refractivity (Wildman–Crippen MR) is 98.4 cm³/mol. The van der Waals surface area contributed by atoms with Gasteiger partial charge in [0.1, 0.15) is 0 Å². The molecule has 3 rings (SSSR count). The van der Waals surface area contributed by atoms with Crippen LogP contribution in [-0.2, 0) is 6.54 Å². The summed E-state index contributed by atoms with van der Waals surface area (Å²) >= 11 is 0. The summed E-state index contributed by atoms with van der Waals surface area (Å²) in [4.78, 5) is 13.8. The second kappa shape index (κ2) is 8.16. The van der Waals surface area contributed by atoms with Gasteiger partial charge in [0.25, 0.3) is 0 Å². The van der Waals surface area contributed by atoms with Gasteiger partial charge in [0.15, 0.2) is 0 Å². The summed E-state index contributed by atoms with van der Waals surface area (Å²) in [5.41, 5.74) is 2.42. The monoisotopic (exact) mass is 341 g/mol. The lowest BCUT2D eigenvalue weighted by molar-refractivity contribution is 0.208. The first-order valence-corrected chi connectivity index (χ1v) is 9.00. The summed E-state index contributed by atoms with van der Waals surface area (Å²) in [6, 6.07) is 10.9. The number of aromatic nitrogens is 2. The van der Waals surface area contributed by atoms with E-state index in [0.717, 1.165) is 26.1 Å². The van der Waals surface area contributed by atoms with Gasteiger partial charge in [0.2, 0.25) is 0 Å². The number of nitrogens with one attached hydrogen (secondary N) is 2. The molecule has 0 radical (unpaired) electrons. The second-order valence-corrected chi connectivity index (χ2v) is 6.61. The van der Waals surface area contributed by atoms with Crippen molar-refractivity contribution < 1.29 is 4.79 Å². The molecule has 25 heavy (non-hydrogen) atoms. The number of benzene rings is 1. The summed E-state index contributed by atoms with van der Waals surface area (Å²) in [6.07, 6.45) is 5.01. The molecule has 2 amide bonds. The fraction of sp³-hybridized carbons (Fsp3) is 0.474. The molecule has 134 valence electrons. The van der Waals surface area contributed by atoms with E-state index >= 15 is 0 Å². The summed E-state index contributed by atoms with van der Waals surface area (Å²) in [7, 11) is 0. The number of carbonyl (C=O) groups is 1. The molecule has 1 aromatic heterocycles. The van der Waals surface area contributed by atoms with E-state index in [4.69, 9.17) is 0 Å². The van der Waals surface area contributed by atoms with Gasteiger partial charge in [-0.15, -0.1) is 0 Å². The molecular formula is C19H27N5O. The molecule has 6 heteroatoms. The molecule has 0 aliphatic carbocycles. The smallest absolute Gasteiger partial charge is 0.317 e. The van der Waals surface area contributed by atoms with Crippen molar-refractivity contribution in [1.82, 2.24) is 25.3 Å². The molecular weight excluding hydrogens is 314 g/mol. The van der Waals surface area contributed by atoms with Gasteiger partial charge in [-0.05, 0) is 25.8 Å². The summed E-state index contributed by atoms with van der Waals surface area (Å²) in [5, 5.41) is 11.0. The molecule has 2 heterocycles. The number of nitrogens with zero attached hydrogens (tertiary/aromatic N) is 3. The molecule has 1 saturated heterocycles. The molecule has 0 unspecified atom stereocenters. The zero-order valence-electron chi connectivity index (χ0n) is 15.0. The van der Waals surface area contributed by atoms with Gasteiger partial charge in [0, 0.05) is 43.5 Å². The number of amides is 2. The van der Waals surface area contributed by atoms with Crippen molar-refractivity contribution in [3.8, 4) is 0 Å². The number of hydrogen-bond acceptors (Lipinski definition) is 3. The highest BCUT2D eigenvalue weighted by atomic mass is 16.2. The van der Waals surface area contributed by atoms with E-state index in [9.17, 15) is 4.79 Å². The second-order valence-electron chi connectivity index (χ2n) is 6.61. The molecule has 1 aromatic carbocycles. The zero-order chi connectivity index (χ0) is 17.6. The van der Waals surface area contributed by atoms with E-state index in [1.54, 1.807) is 0 Å². The third-order valence-corrected chi connectivity index (χ3v) is 4.63. The van der Waals surface area contributed by atoms with Crippen molar-refractivity contribution in [2.75, 3.05) is 19.6 Å². The van der Waals surface area contributed by atoms with Gasteiger partial charge < -0.3 is 15.5 Å². The molecule has 1 aliphatic rings. The van der Waals surface area contributed by atoms with Crippen LogP contribution in [0.3, 0.4) is 0 Å². The van der Waals surface area contributed by atoms with Gasteiger partial charge in [0.05, 0.1) is 12.7 Å². The Bertz CT molecular complexity index is 684. The van der Waals surface area contributed by atoms with Gasteiger partial charge in [-0.25, -0.2) is 4.79 Å². The lowest BCUT2D eigenvalue weighted by Crippen LogP contribution is -2.41. The Morgan fingerprint density at radius 1 is 1.36 bits per heavy atom.